The molecule has 0 aliphatic carbocycles. The summed E-state index contributed by atoms with van der Waals surface area (Å²) >= 11 is 1.82. The van der Waals surface area contributed by atoms with Gasteiger partial charge in [0.1, 0.15) is 0 Å². The number of hydrogen-bond acceptors (Lipinski definition) is 2. The van der Waals surface area contributed by atoms with E-state index in [9.17, 15) is 0 Å². The monoisotopic (exact) mass is 259 g/mol. The normalized spacial score (nSPS) is 10.8. The number of rotatable bonds is 5. The van der Waals surface area contributed by atoms with Crippen LogP contribution in [0.4, 0.5) is 0 Å². The number of thiophene rings is 1. The highest BCUT2D eigenvalue weighted by Crippen LogP contribution is 2.31. The summed E-state index contributed by atoms with van der Waals surface area (Å²) in [6, 6.07) is 8.99. The fourth-order valence-electron chi connectivity index (χ4n) is 2.16. The van der Waals surface area contributed by atoms with E-state index in [1.807, 2.05) is 11.3 Å². The minimum Gasteiger partial charge on any atom is -0.313 e. The van der Waals surface area contributed by atoms with Crippen molar-refractivity contribution in [1.29, 1.82) is 0 Å². The molecule has 1 heterocycles. The number of aryl methyl sites for hydroxylation is 2. The molecule has 2 aromatic rings. The molecule has 0 aliphatic rings. The summed E-state index contributed by atoms with van der Waals surface area (Å²) in [5, 5.41) is 5.67. The van der Waals surface area contributed by atoms with Gasteiger partial charge in [0, 0.05) is 11.4 Å². The molecule has 1 N–H and O–H groups in total. The molecule has 0 atom stereocenters. The first-order valence-corrected chi connectivity index (χ1v) is 7.45. The highest BCUT2D eigenvalue weighted by atomic mass is 32.1. The molecule has 0 saturated carbocycles. The molecular weight excluding hydrogens is 238 g/mol. The van der Waals surface area contributed by atoms with Gasteiger partial charge in [-0.3, -0.25) is 0 Å². The van der Waals surface area contributed by atoms with E-state index < -0.39 is 0 Å². The first-order chi connectivity index (χ1) is 8.72. The van der Waals surface area contributed by atoms with Crippen LogP contribution in [-0.4, -0.2) is 6.54 Å². The third-order valence-corrected chi connectivity index (χ3v) is 4.00. The lowest BCUT2D eigenvalue weighted by Gasteiger charge is -2.11. The molecule has 0 unspecified atom stereocenters. The van der Waals surface area contributed by atoms with E-state index in [0.717, 1.165) is 13.1 Å². The lowest BCUT2D eigenvalue weighted by Crippen LogP contribution is -2.14. The molecule has 0 aliphatic heterocycles. The van der Waals surface area contributed by atoms with Crippen molar-refractivity contribution in [3.8, 4) is 11.1 Å². The summed E-state index contributed by atoms with van der Waals surface area (Å²) in [5.74, 6) is 0. The Morgan fingerprint density at radius 2 is 1.94 bits per heavy atom. The van der Waals surface area contributed by atoms with Crippen molar-refractivity contribution in [3.05, 3.63) is 45.6 Å². The Bertz CT molecular complexity index is 514. The van der Waals surface area contributed by atoms with Gasteiger partial charge in [-0.25, -0.2) is 0 Å². The second-order valence-electron chi connectivity index (χ2n) is 4.73. The van der Waals surface area contributed by atoms with Crippen LogP contribution in [0, 0.1) is 13.8 Å². The molecule has 1 aromatic carbocycles. The number of nitrogens with one attached hydrogen (secondary N) is 1. The molecule has 1 aromatic heterocycles. The molecule has 0 fully saturated rings. The van der Waals surface area contributed by atoms with Crippen molar-refractivity contribution >= 4 is 11.3 Å². The molecular formula is C16H21NS. The fraction of sp³-hybridized carbons (Fsp3) is 0.375. The second-order valence-corrected chi connectivity index (χ2v) is 5.85. The van der Waals surface area contributed by atoms with Crippen LogP contribution in [0.1, 0.15) is 29.3 Å². The average Bonchev–Trinajstić information content (AvgIpc) is 2.77. The summed E-state index contributed by atoms with van der Waals surface area (Å²) < 4.78 is 0. The van der Waals surface area contributed by atoms with Crippen LogP contribution in [0.5, 0.6) is 0 Å². The van der Waals surface area contributed by atoms with Crippen molar-refractivity contribution in [2.75, 3.05) is 6.54 Å². The minimum atomic E-state index is 0.957. The molecule has 2 rings (SSSR count). The standard InChI is InChI=1S/C16H21NS/c1-4-8-17-11-14-6-5-12(2)10-16(14)15-7-9-18-13(15)3/h5-7,9-10,17H,4,8,11H2,1-3H3. The molecule has 96 valence electrons. The topological polar surface area (TPSA) is 12.0 Å². The van der Waals surface area contributed by atoms with Gasteiger partial charge in [0.25, 0.3) is 0 Å². The SMILES string of the molecule is CCCNCc1ccc(C)cc1-c1ccsc1C. The van der Waals surface area contributed by atoms with Crippen LogP contribution in [0.2, 0.25) is 0 Å². The maximum absolute atomic E-state index is 3.50. The molecule has 0 radical (unpaired) electrons. The van der Waals surface area contributed by atoms with Gasteiger partial charge in [0.05, 0.1) is 0 Å². The smallest absolute Gasteiger partial charge is 0.0211 e. The van der Waals surface area contributed by atoms with Gasteiger partial charge in [-0.15, -0.1) is 11.3 Å². The van der Waals surface area contributed by atoms with Crippen molar-refractivity contribution in [1.82, 2.24) is 5.32 Å². The molecule has 18 heavy (non-hydrogen) atoms. The highest BCUT2D eigenvalue weighted by molar-refractivity contribution is 7.10. The van der Waals surface area contributed by atoms with E-state index in [-0.39, 0.29) is 0 Å². The Hall–Kier alpha value is -1.12. The zero-order valence-corrected chi connectivity index (χ0v) is 12.2. The van der Waals surface area contributed by atoms with Crippen LogP contribution < -0.4 is 5.32 Å². The first kappa shape index (κ1) is 13.3. The first-order valence-electron chi connectivity index (χ1n) is 6.57. The van der Waals surface area contributed by atoms with Gasteiger partial charge in [-0.2, -0.15) is 0 Å². The maximum Gasteiger partial charge on any atom is 0.0211 e. The Morgan fingerprint density at radius 3 is 2.61 bits per heavy atom. The lowest BCUT2D eigenvalue weighted by atomic mass is 9.98. The second kappa shape index (κ2) is 6.17. The van der Waals surface area contributed by atoms with Crippen LogP contribution in [0.3, 0.4) is 0 Å². The Kier molecular flexibility index (Phi) is 4.56. The Labute approximate surface area is 114 Å². The fourth-order valence-corrected chi connectivity index (χ4v) is 2.87. The van der Waals surface area contributed by atoms with Crippen molar-refractivity contribution in [2.24, 2.45) is 0 Å². The Balaban J connectivity index is 2.32. The van der Waals surface area contributed by atoms with Crippen LogP contribution in [-0.2, 0) is 6.54 Å². The van der Waals surface area contributed by atoms with Crippen molar-refractivity contribution < 1.29 is 0 Å². The predicted molar refractivity (Wildman–Crippen MR) is 81.2 cm³/mol. The van der Waals surface area contributed by atoms with Gasteiger partial charge < -0.3 is 5.32 Å². The summed E-state index contributed by atoms with van der Waals surface area (Å²) in [4.78, 5) is 1.40. The molecule has 0 amide bonds. The molecule has 0 saturated heterocycles. The number of hydrogen-bond donors (Lipinski definition) is 1. The summed E-state index contributed by atoms with van der Waals surface area (Å²) in [6.45, 7) is 8.60. The third kappa shape index (κ3) is 3.01. The van der Waals surface area contributed by atoms with Crippen LogP contribution in [0.15, 0.2) is 29.6 Å². The lowest BCUT2D eigenvalue weighted by molar-refractivity contribution is 0.676. The molecule has 0 bridgehead atoms. The zero-order chi connectivity index (χ0) is 13.0. The summed E-state index contributed by atoms with van der Waals surface area (Å²) in [7, 11) is 0. The van der Waals surface area contributed by atoms with E-state index >= 15 is 0 Å². The van der Waals surface area contributed by atoms with E-state index in [2.05, 4.69) is 55.7 Å². The van der Waals surface area contributed by atoms with E-state index in [1.54, 1.807) is 0 Å². The minimum absolute atomic E-state index is 0.957. The van der Waals surface area contributed by atoms with E-state index in [4.69, 9.17) is 0 Å². The highest BCUT2D eigenvalue weighted by Gasteiger charge is 2.08. The third-order valence-electron chi connectivity index (χ3n) is 3.16. The van der Waals surface area contributed by atoms with Gasteiger partial charge in [0.2, 0.25) is 0 Å². The van der Waals surface area contributed by atoms with E-state index in [1.165, 1.54) is 33.6 Å². The predicted octanol–water partition coefficient (Wildman–Crippen LogP) is 4.53. The zero-order valence-electron chi connectivity index (χ0n) is 11.4. The van der Waals surface area contributed by atoms with Crippen LogP contribution in [0.25, 0.3) is 11.1 Å². The largest absolute Gasteiger partial charge is 0.313 e. The van der Waals surface area contributed by atoms with Gasteiger partial charge in [-0.1, -0.05) is 30.7 Å². The molecule has 2 heteroatoms. The maximum atomic E-state index is 3.50. The number of benzene rings is 1. The van der Waals surface area contributed by atoms with Gasteiger partial charge in [-0.05, 0) is 54.9 Å². The van der Waals surface area contributed by atoms with Crippen molar-refractivity contribution in [3.63, 3.8) is 0 Å². The molecule has 0 spiro atoms. The molecule has 1 nitrogen and oxygen atoms in total. The van der Waals surface area contributed by atoms with Crippen LogP contribution >= 0.6 is 11.3 Å². The van der Waals surface area contributed by atoms with Gasteiger partial charge >= 0.3 is 0 Å². The van der Waals surface area contributed by atoms with Gasteiger partial charge in [0.15, 0.2) is 0 Å². The quantitative estimate of drug-likeness (QED) is 0.778. The van der Waals surface area contributed by atoms with E-state index in [0.29, 0.717) is 0 Å². The average molecular weight is 259 g/mol. The summed E-state index contributed by atoms with van der Waals surface area (Å²) in [6.07, 6.45) is 1.18. The van der Waals surface area contributed by atoms with Crippen molar-refractivity contribution in [2.45, 2.75) is 33.7 Å². The Morgan fingerprint density at radius 1 is 1.11 bits per heavy atom. The summed E-state index contributed by atoms with van der Waals surface area (Å²) in [5.41, 5.74) is 5.50.